The first-order valence-electron chi connectivity index (χ1n) is 9.89. The molecule has 0 amide bonds. The first-order chi connectivity index (χ1) is 13.7. The van der Waals surface area contributed by atoms with Crippen LogP contribution in [0.4, 0.5) is 4.39 Å². The number of likely N-dealkylation sites (tertiary alicyclic amines) is 1. The number of aliphatic hydroxyl groups is 1. The quantitative estimate of drug-likeness (QED) is 0.479. The van der Waals surface area contributed by atoms with Crippen molar-refractivity contribution >= 4 is 5.96 Å². The molecule has 3 rings (SSSR count). The van der Waals surface area contributed by atoms with Gasteiger partial charge in [0.1, 0.15) is 11.6 Å². The monoisotopic (exact) mass is 388 g/mol. The van der Waals surface area contributed by atoms with Crippen LogP contribution in [0, 0.1) is 5.82 Å². The lowest BCUT2D eigenvalue weighted by molar-refractivity contribution is 0.215. The van der Waals surface area contributed by atoms with E-state index in [1.54, 1.807) is 18.4 Å². The van der Waals surface area contributed by atoms with Crippen LogP contribution in [0.2, 0.25) is 0 Å². The van der Waals surface area contributed by atoms with Gasteiger partial charge >= 0.3 is 0 Å². The number of benzene rings is 1. The molecule has 152 valence electrons. The predicted molar refractivity (Wildman–Crippen MR) is 107 cm³/mol. The van der Waals surface area contributed by atoms with E-state index in [0.29, 0.717) is 19.0 Å². The molecule has 1 saturated heterocycles. The Morgan fingerprint density at radius 1 is 1.29 bits per heavy atom. The molecule has 0 saturated carbocycles. The van der Waals surface area contributed by atoms with E-state index < -0.39 is 5.82 Å². The van der Waals surface area contributed by atoms with Crippen molar-refractivity contribution in [1.29, 1.82) is 0 Å². The Labute approximate surface area is 165 Å². The third-order valence-electron chi connectivity index (χ3n) is 4.96. The van der Waals surface area contributed by atoms with E-state index in [1.165, 1.54) is 18.9 Å². The van der Waals surface area contributed by atoms with Gasteiger partial charge in [-0.3, -0.25) is 4.90 Å². The zero-order chi connectivity index (χ0) is 19.8. The van der Waals surface area contributed by atoms with E-state index in [4.69, 9.17) is 4.42 Å². The summed E-state index contributed by atoms with van der Waals surface area (Å²) in [6.07, 6.45) is 4.14. The Bertz CT molecular complexity index is 758. The number of guanidine groups is 1. The fraction of sp³-hybridized carbons (Fsp3) is 0.476. The van der Waals surface area contributed by atoms with Crippen molar-refractivity contribution in [2.24, 2.45) is 4.99 Å². The largest absolute Gasteiger partial charge is 0.468 e. The fourth-order valence-electron chi connectivity index (χ4n) is 3.50. The topological polar surface area (TPSA) is 73.0 Å². The van der Waals surface area contributed by atoms with Crippen LogP contribution in [0.3, 0.4) is 0 Å². The van der Waals surface area contributed by atoms with Gasteiger partial charge in [0, 0.05) is 18.7 Å². The van der Waals surface area contributed by atoms with E-state index >= 15 is 0 Å². The number of aliphatic imine (C=N–C) groups is 1. The first kappa shape index (κ1) is 20.4. The van der Waals surface area contributed by atoms with Crippen molar-refractivity contribution in [3.63, 3.8) is 0 Å². The molecule has 1 aliphatic rings. The van der Waals surface area contributed by atoms with Gasteiger partial charge in [0.05, 0.1) is 25.5 Å². The SMILES string of the molecule is CCNC(=NCc1ccc(F)c(CO)c1)NCC(c1ccco1)N1CCCC1. The summed E-state index contributed by atoms with van der Waals surface area (Å²) in [4.78, 5) is 7.04. The van der Waals surface area contributed by atoms with Crippen LogP contribution in [-0.4, -0.2) is 42.1 Å². The minimum atomic E-state index is -0.396. The van der Waals surface area contributed by atoms with Gasteiger partial charge in [0.2, 0.25) is 0 Å². The predicted octanol–water partition coefficient (Wildman–Crippen LogP) is 2.80. The molecule has 1 aromatic heterocycles. The van der Waals surface area contributed by atoms with Crippen molar-refractivity contribution in [3.8, 4) is 0 Å². The molecule has 0 bridgehead atoms. The number of nitrogens with zero attached hydrogens (tertiary/aromatic N) is 2. The van der Waals surface area contributed by atoms with Crippen LogP contribution in [0.5, 0.6) is 0 Å². The summed E-state index contributed by atoms with van der Waals surface area (Å²) >= 11 is 0. The minimum absolute atomic E-state index is 0.160. The molecule has 1 aliphatic heterocycles. The Morgan fingerprint density at radius 3 is 2.79 bits per heavy atom. The molecule has 1 fully saturated rings. The van der Waals surface area contributed by atoms with Crippen LogP contribution in [0.1, 0.15) is 42.7 Å². The molecule has 7 heteroatoms. The second-order valence-electron chi connectivity index (χ2n) is 6.93. The maximum atomic E-state index is 13.5. The zero-order valence-electron chi connectivity index (χ0n) is 16.3. The number of furan rings is 1. The number of hydrogen-bond acceptors (Lipinski definition) is 4. The molecule has 0 spiro atoms. The number of hydrogen-bond donors (Lipinski definition) is 3. The average molecular weight is 388 g/mol. The second kappa shape index (κ2) is 10.2. The molecule has 0 aliphatic carbocycles. The highest BCUT2D eigenvalue weighted by atomic mass is 19.1. The van der Waals surface area contributed by atoms with Crippen LogP contribution in [-0.2, 0) is 13.2 Å². The van der Waals surface area contributed by atoms with Crippen molar-refractivity contribution in [2.45, 2.75) is 39.0 Å². The lowest BCUT2D eigenvalue weighted by Gasteiger charge is -2.26. The summed E-state index contributed by atoms with van der Waals surface area (Å²) in [7, 11) is 0. The normalized spacial score (nSPS) is 16.3. The summed E-state index contributed by atoms with van der Waals surface area (Å²) in [5.41, 5.74) is 1.14. The number of nitrogens with one attached hydrogen (secondary N) is 2. The second-order valence-corrected chi connectivity index (χ2v) is 6.93. The van der Waals surface area contributed by atoms with Gasteiger partial charge in [0.15, 0.2) is 5.96 Å². The molecule has 3 N–H and O–H groups in total. The van der Waals surface area contributed by atoms with Crippen LogP contribution < -0.4 is 10.6 Å². The summed E-state index contributed by atoms with van der Waals surface area (Å²) in [5, 5.41) is 15.9. The summed E-state index contributed by atoms with van der Waals surface area (Å²) in [6.45, 7) is 5.67. The lowest BCUT2D eigenvalue weighted by Crippen LogP contribution is -2.42. The van der Waals surface area contributed by atoms with Crippen molar-refractivity contribution in [1.82, 2.24) is 15.5 Å². The molecule has 1 atom stereocenters. The highest BCUT2D eigenvalue weighted by Crippen LogP contribution is 2.24. The van der Waals surface area contributed by atoms with Crippen molar-refractivity contribution < 1.29 is 13.9 Å². The number of aliphatic hydroxyl groups excluding tert-OH is 1. The molecule has 2 aromatic rings. The van der Waals surface area contributed by atoms with Crippen LogP contribution in [0.15, 0.2) is 46.0 Å². The summed E-state index contributed by atoms with van der Waals surface area (Å²) < 4.78 is 19.2. The Morgan fingerprint density at radius 2 is 2.11 bits per heavy atom. The molecular weight excluding hydrogens is 359 g/mol. The molecule has 0 radical (unpaired) electrons. The van der Waals surface area contributed by atoms with E-state index in [0.717, 1.165) is 31.0 Å². The summed E-state index contributed by atoms with van der Waals surface area (Å²) in [5.74, 6) is 1.26. The van der Waals surface area contributed by atoms with Crippen LogP contribution >= 0.6 is 0 Å². The maximum Gasteiger partial charge on any atom is 0.191 e. The molecule has 1 aromatic carbocycles. The highest BCUT2D eigenvalue weighted by molar-refractivity contribution is 5.79. The fourth-order valence-corrected chi connectivity index (χ4v) is 3.50. The van der Waals surface area contributed by atoms with Gasteiger partial charge in [-0.05, 0) is 62.7 Å². The minimum Gasteiger partial charge on any atom is -0.468 e. The first-order valence-corrected chi connectivity index (χ1v) is 9.89. The third-order valence-corrected chi connectivity index (χ3v) is 4.96. The number of halogens is 1. The van der Waals surface area contributed by atoms with E-state index in [-0.39, 0.29) is 18.2 Å². The molecule has 28 heavy (non-hydrogen) atoms. The smallest absolute Gasteiger partial charge is 0.191 e. The van der Waals surface area contributed by atoms with Crippen molar-refractivity contribution in [3.05, 3.63) is 59.3 Å². The molecular formula is C21H29FN4O2. The summed E-state index contributed by atoms with van der Waals surface area (Å²) in [6, 6.07) is 8.81. The standard InChI is InChI=1S/C21H29FN4O2/c1-2-23-21(24-13-16-7-8-18(22)17(12-16)15-27)25-14-19(20-6-5-11-28-20)26-9-3-4-10-26/h5-8,11-12,19,27H,2-4,9-10,13-15H2,1H3,(H2,23,24,25). The van der Waals surface area contributed by atoms with E-state index in [9.17, 15) is 9.50 Å². The van der Waals surface area contributed by atoms with Gasteiger partial charge in [-0.1, -0.05) is 6.07 Å². The lowest BCUT2D eigenvalue weighted by atomic mass is 10.1. The average Bonchev–Trinajstić information content (AvgIpc) is 3.42. The Hall–Kier alpha value is -2.38. The van der Waals surface area contributed by atoms with Gasteiger partial charge in [0.25, 0.3) is 0 Å². The van der Waals surface area contributed by atoms with Gasteiger partial charge in [-0.25, -0.2) is 9.38 Å². The van der Waals surface area contributed by atoms with E-state index in [1.807, 2.05) is 19.1 Å². The maximum absolute atomic E-state index is 13.5. The molecule has 6 nitrogen and oxygen atoms in total. The van der Waals surface area contributed by atoms with Crippen LogP contribution in [0.25, 0.3) is 0 Å². The molecule has 1 unspecified atom stereocenters. The van der Waals surface area contributed by atoms with Gasteiger partial charge in [-0.15, -0.1) is 0 Å². The molecule has 2 heterocycles. The van der Waals surface area contributed by atoms with E-state index in [2.05, 4.69) is 20.5 Å². The van der Waals surface area contributed by atoms with Crippen molar-refractivity contribution in [2.75, 3.05) is 26.2 Å². The van der Waals surface area contributed by atoms with Gasteiger partial charge in [-0.2, -0.15) is 0 Å². The number of rotatable bonds is 8. The van der Waals surface area contributed by atoms with Gasteiger partial charge < -0.3 is 20.2 Å². The third kappa shape index (κ3) is 5.33. The Kier molecular flexibility index (Phi) is 7.45. The highest BCUT2D eigenvalue weighted by Gasteiger charge is 2.25. The zero-order valence-corrected chi connectivity index (χ0v) is 16.3. The Balaban J connectivity index is 1.66.